The number of halogens is 4. The maximum atomic E-state index is 14.4. The monoisotopic (exact) mass is 784 g/mol. The summed E-state index contributed by atoms with van der Waals surface area (Å²) in [7, 11) is 2.07. The zero-order chi connectivity index (χ0) is 39.1. The van der Waals surface area contributed by atoms with Crippen molar-refractivity contribution >= 4 is 46.9 Å². The molecule has 3 saturated heterocycles. The van der Waals surface area contributed by atoms with Crippen molar-refractivity contribution in [2.45, 2.75) is 88.2 Å². The van der Waals surface area contributed by atoms with Crippen LogP contribution in [0.1, 0.15) is 82.3 Å². The Morgan fingerprint density at radius 2 is 1.60 bits per heavy atom. The molecule has 2 amide bonds. The van der Waals surface area contributed by atoms with Gasteiger partial charge < -0.3 is 20.0 Å². The number of carbonyl (C=O) groups is 2. The molecule has 4 aliphatic rings. The lowest BCUT2D eigenvalue weighted by atomic mass is 9.88. The second kappa shape index (κ2) is 18.3. The molecule has 0 radical (unpaired) electrons. The first-order valence-corrected chi connectivity index (χ1v) is 20.2. The van der Waals surface area contributed by atoms with Crippen molar-refractivity contribution in [1.29, 1.82) is 0 Å². The van der Waals surface area contributed by atoms with E-state index in [0.29, 0.717) is 37.0 Å². The molecule has 1 aromatic heterocycles. The number of aromatic nitrogens is 2. The first-order valence-electron chi connectivity index (χ1n) is 19.4. The Bertz CT molecular complexity index is 1760. The molecule has 2 aromatic carbocycles. The van der Waals surface area contributed by atoms with Crippen LogP contribution in [0, 0.1) is 17.7 Å². The molecular formula is C40H52F4N8O2S. The Morgan fingerprint density at radius 3 is 2.25 bits per heavy atom. The molecule has 4 heterocycles. The van der Waals surface area contributed by atoms with E-state index in [-0.39, 0.29) is 29.9 Å². The maximum absolute atomic E-state index is 14.4. The van der Waals surface area contributed by atoms with Crippen molar-refractivity contribution in [1.82, 2.24) is 24.9 Å². The van der Waals surface area contributed by atoms with Gasteiger partial charge in [-0.3, -0.25) is 19.6 Å². The van der Waals surface area contributed by atoms with E-state index in [1.54, 1.807) is 22.9 Å². The molecule has 3 aliphatic heterocycles. The molecule has 4 fully saturated rings. The lowest BCUT2D eigenvalue weighted by Crippen LogP contribution is -2.44. The Hall–Kier alpha value is -3.95. The summed E-state index contributed by atoms with van der Waals surface area (Å²) < 4.78 is 58.8. The lowest BCUT2D eigenvalue weighted by molar-refractivity contribution is -0.138. The maximum Gasteiger partial charge on any atom is 0.421 e. The molecule has 15 heteroatoms. The molecule has 1 saturated carbocycles. The number of rotatable bonds is 8. The molecule has 0 bridgehead atoms. The molecule has 3 aromatic rings. The minimum atomic E-state index is -4.49. The van der Waals surface area contributed by atoms with E-state index in [1.807, 2.05) is 30.3 Å². The predicted molar refractivity (Wildman–Crippen MR) is 209 cm³/mol. The minimum absolute atomic E-state index is 0.0373. The van der Waals surface area contributed by atoms with Crippen LogP contribution in [0.15, 0.2) is 53.6 Å². The van der Waals surface area contributed by atoms with Gasteiger partial charge in [0.05, 0.1) is 5.92 Å². The summed E-state index contributed by atoms with van der Waals surface area (Å²) in [5.41, 5.74) is 1.19. The number of hydrogen-bond acceptors (Lipinski definition) is 10. The van der Waals surface area contributed by atoms with E-state index >= 15 is 0 Å². The number of amides is 2. The first kappa shape index (κ1) is 40.7. The second-order valence-corrected chi connectivity index (χ2v) is 16.4. The third-order valence-corrected chi connectivity index (χ3v) is 11.9. The minimum Gasteiger partial charge on any atom is -0.369 e. The summed E-state index contributed by atoms with van der Waals surface area (Å²) in [5, 5.41) is 5.34. The summed E-state index contributed by atoms with van der Waals surface area (Å²) in [5.74, 6) is -0.328. The fraction of sp³-hybridized carbons (Fsp3) is 0.550. The van der Waals surface area contributed by atoms with E-state index in [2.05, 4.69) is 56.0 Å². The molecule has 2 atom stereocenters. The lowest BCUT2D eigenvalue weighted by Gasteiger charge is -2.34. The van der Waals surface area contributed by atoms with Gasteiger partial charge in [-0.25, -0.2) is 9.37 Å². The zero-order valence-electron chi connectivity index (χ0n) is 31.8. The highest BCUT2D eigenvalue weighted by molar-refractivity contribution is 7.97. The number of imide groups is 1. The van der Waals surface area contributed by atoms with Gasteiger partial charge in [-0.1, -0.05) is 19.9 Å². The van der Waals surface area contributed by atoms with Gasteiger partial charge in [-0.15, -0.1) is 0 Å². The van der Waals surface area contributed by atoms with Crippen LogP contribution in [-0.4, -0.2) is 79.0 Å². The van der Waals surface area contributed by atoms with Crippen molar-refractivity contribution in [3.8, 4) is 0 Å². The molecule has 3 N–H and O–H groups in total. The van der Waals surface area contributed by atoms with Gasteiger partial charge >= 0.3 is 6.18 Å². The normalized spacial score (nSPS) is 23.8. The summed E-state index contributed by atoms with van der Waals surface area (Å²) in [6.07, 6.45) is 3.87. The first-order chi connectivity index (χ1) is 26.3. The van der Waals surface area contributed by atoms with Crippen molar-refractivity contribution in [2.75, 3.05) is 61.4 Å². The van der Waals surface area contributed by atoms with Crippen LogP contribution in [0.25, 0.3) is 0 Å². The predicted octanol–water partition coefficient (Wildman–Crippen LogP) is 7.75. The van der Waals surface area contributed by atoms with E-state index in [4.69, 9.17) is 0 Å². The number of nitrogens with one attached hydrogen (secondary N) is 3. The standard InChI is InChI=1S/C24H32F3N5S.C16H20FN3O2/c1-16-5-7-19(8-6-16)31-33-20-11-9-18(10-12-20)29-23-28-14-21(24(25,26)27)22(30-23)32-13-3-4-17(2)15-32;1-19-6-8-20(9-7-19)11-2-3-12(14(17)10-11)13-4-5-15(21)18-16(13)22/h9-12,14,16-17,19,31H,3-8,13,15H2,1-2H3,(H,28,29,30);2-3,10,13H,4-9H2,1H3,(H,18,21,22). The largest absolute Gasteiger partial charge is 0.421 e. The highest BCUT2D eigenvalue weighted by atomic mass is 32.2. The van der Waals surface area contributed by atoms with Crippen LogP contribution in [0.5, 0.6) is 0 Å². The number of carbonyl (C=O) groups excluding carboxylic acids is 2. The van der Waals surface area contributed by atoms with Crippen molar-refractivity contribution in [3.05, 3.63) is 65.6 Å². The number of alkyl halides is 3. The fourth-order valence-corrected chi connectivity index (χ4v) is 8.38. The van der Waals surface area contributed by atoms with Crippen molar-refractivity contribution in [2.24, 2.45) is 11.8 Å². The summed E-state index contributed by atoms with van der Waals surface area (Å²) >= 11 is 1.63. The smallest absolute Gasteiger partial charge is 0.369 e. The topological polar surface area (TPSA) is 106 Å². The average Bonchev–Trinajstić information content (AvgIpc) is 3.16. The van der Waals surface area contributed by atoms with Crippen LogP contribution in [-0.2, 0) is 15.8 Å². The highest BCUT2D eigenvalue weighted by Crippen LogP contribution is 2.37. The Labute approximate surface area is 325 Å². The van der Waals surface area contributed by atoms with Gasteiger partial charge in [-0.05, 0) is 112 Å². The molecular weight excluding hydrogens is 733 g/mol. The SMILES string of the molecule is CC1CCC(NSc2ccc(Nc3ncc(C(F)(F)F)c(N4CCCC(C)C4)n3)cc2)CC1.CN1CCN(c2ccc(C3CCC(=O)NC3=O)c(F)c2)CC1. The molecule has 7 rings (SSSR count). The van der Waals surface area contributed by atoms with Crippen LogP contribution in [0.2, 0.25) is 0 Å². The number of likely N-dealkylation sites (N-methyl/N-ethyl adjacent to an activating group) is 1. The van der Waals surface area contributed by atoms with Gasteiger partial charge in [0.15, 0.2) is 0 Å². The molecule has 1 aliphatic carbocycles. The van der Waals surface area contributed by atoms with Crippen LogP contribution >= 0.6 is 11.9 Å². The average molecular weight is 785 g/mol. The summed E-state index contributed by atoms with van der Waals surface area (Å²) in [6, 6.07) is 13.4. The summed E-state index contributed by atoms with van der Waals surface area (Å²) in [4.78, 5) is 38.5. The number of piperidine rings is 2. The third kappa shape index (κ3) is 11.1. The van der Waals surface area contributed by atoms with E-state index < -0.39 is 23.6 Å². The van der Waals surface area contributed by atoms with E-state index in [0.717, 1.165) is 67.4 Å². The number of hydrogen-bond donors (Lipinski definition) is 3. The summed E-state index contributed by atoms with van der Waals surface area (Å²) in [6.45, 7) is 9.16. The highest BCUT2D eigenvalue weighted by Gasteiger charge is 2.38. The molecule has 10 nitrogen and oxygen atoms in total. The number of benzene rings is 2. The van der Waals surface area contributed by atoms with E-state index in [9.17, 15) is 27.2 Å². The van der Waals surface area contributed by atoms with Crippen LogP contribution < -0.4 is 25.2 Å². The number of piperazine rings is 1. The Morgan fingerprint density at radius 1 is 0.873 bits per heavy atom. The Kier molecular flexibility index (Phi) is 13.6. The quantitative estimate of drug-likeness (QED) is 0.119. The third-order valence-electron chi connectivity index (χ3n) is 11.0. The van der Waals surface area contributed by atoms with Crippen molar-refractivity contribution in [3.63, 3.8) is 0 Å². The van der Waals surface area contributed by atoms with Crippen LogP contribution in [0.4, 0.5) is 40.7 Å². The Balaban J connectivity index is 0.000000203. The molecule has 0 spiro atoms. The molecule has 2 unspecified atom stereocenters. The van der Waals surface area contributed by atoms with Gasteiger partial charge in [0.2, 0.25) is 17.8 Å². The number of nitrogens with zero attached hydrogens (tertiary/aromatic N) is 5. The van der Waals surface area contributed by atoms with Gasteiger partial charge in [0.25, 0.3) is 0 Å². The van der Waals surface area contributed by atoms with E-state index in [1.165, 1.54) is 31.7 Å². The van der Waals surface area contributed by atoms with Crippen molar-refractivity contribution < 1.29 is 27.2 Å². The number of anilines is 4. The second-order valence-electron chi connectivity index (χ2n) is 15.4. The zero-order valence-corrected chi connectivity index (χ0v) is 32.6. The molecule has 298 valence electrons. The van der Waals surface area contributed by atoms with Gasteiger partial charge in [0.1, 0.15) is 17.2 Å². The molecule has 55 heavy (non-hydrogen) atoms. The van der Waals surface area contributed by atoms with Crippen LogP contribution in [0.3, 0.4) is 0 Å². The van der Waals surface area contributed by atoms with Gasteiger partial charge in [-0.2, -0.15) is 18.2 Å². The fourth-order valence-electron chi connectivity index (χ4n) is 7.57. The van der Waals surface area contributed by atoms with Gasteiger partial charge in [0, 0.05) is 79.8 Å².